The third kappa shape index (κ3) is 5.56. The number of hydrogen-bond donors (Lipinski definition) is 8. The Labute approximate surface area is 265 Å². The van der Waals surface area contributed by atoms with Crippen molar-refractivity contribution in [2.24, 2.45) is 0 Å². The van der Waals surface area contributed by atoms with E-state index in [-0.39, 0.29) is 34.2 Å². The van der Waals surface area contributed by atoms with Crippen molar-refractivity contribution < 1.29 is 46.9 Å². The lowest BCUT2D eigenvalue weighted by atomic mass is 10.1. The molecule has 4 aromatic rings. The van der Waals surface area contributed by atoms with Gasteiger partial charge in [-0.25, -0.2) is 19.1 Å². The van der Waals surface area contributed by atoms with E-state index in [1.54, 1.807) is 0 Å². The fourth-order valence-electron chi connectivity index (χ4n) is 5.39. The van der Waals surface area contributed by atoms with Gasteiger partial charge in [0.2, 0.25) is 11.9 Å². The summed E-state index contributed by atoms with van der Waals surface area (Å²) in [6, 6.07) is 0. The van der Waals surface area contributed by atoms with Gasteiger partial charge in [0.1, 0.15) is 36.6 Å². The second-order valence-electron chi connectivity index (χ2n) is 10.3. The number of aliphatic hydroxyl groups is 2. The van der Waals surface area contributed by atoms with Gasteiger partial charge in [-0.3, -0.25) is 46.8 Å². The van der Waals surface area contributed by atoms with Gasteiger partial charge in [0.25, 0.3) is 11.1 Å². The lowest BCUT2D eigenvalue weighted by molar-refractivity contribution is -0.0561. The molecule has 0 aromatic carbocycles. The summed E-state index contributed by atoms with van der Waals surface area (Å²) in [7, 11) is 0. The Hall–Kier alpha value is -2.86. The number of imidazole rings is 2. The van der Waals surface area contributed by atoms with E-state index in [9.17, 15) is 28.9 Å². The van der Waals surface area contributed by atoms with Crippen molar-refractivity contribution in [3.8, 4) is 0 Å². The Kier molecular flexibility index (Phi) is 7.85. The molecule has 10 atom stereocenters. The Bertz CT molecular complexity index is 1910. The van der Waals surface area contributed by atoms with Gasteiger partial charge in [-0.15, -0.1) is 0 Å². The summed E-state index contributed by atoms with van der Waals surface area (Å²) in [5.74, 6) is -0.460. The number of rotatable bonds is 2. The second-order valence-corrected chi connectivity index (χ2v) is 16.1. The van der Waals surface area contributed by atoms with E-state index >= 15 is 0 Å². The largest absolute Gasteiger partial charge is 0.386 e. The maximum Gasteiger partial charge on any atom is 0.386 e. The molecule has 0 aliphatic carbocycles. The van der Waals surface area contributed by atoms with Crippen LogP contribution < -0.4 is 22.6 Å². The molecule has 248 valence electrons. The zero-order chi connectivity index (χ0) is 32.7. The van der Waals surface area contributed by atoms with Crippen molar-refractivity contribution in [2.45, 2.75) is 49.1 Å². The molecule has 7 heterocycles. The second kappa shape index (κ2) is 11.4. The van der Waals surface area contributed by atoms with Crippen LogP contribution >= 0.6 is 38.1 Å². The quantitative estimate of drug-likeness (QED) is 0.0892. The average molecular weight is 723 g/mol. The molecule has 0 amide bonds. The zero-order valence-electron chi connectivity index (χ0n) is 22.8. The van der Waals surface area contributed by atoms with Crippen LogP contribution in [-0.2, 0) is 36.7 Å². The fourth-order valence-corrected chi connectivity index (χ4v) is 8.37. The SMILES string of the molecule is Nc1nc2c(ncn2[C@@H]2O[C@@H]3CO[P@@](=O)(S)O[C@@H]4C(CO[P@@](=O)(S)O[C@H]3[C@H]2O)O[C@@H](n2cnc3c(=O)[nH]c(N)nc32)[C@@H]4O)c(=O)[nH]1. The van der Waals surface area contributed by atoms with Gasteiger partial charge in [-0.1, -0.05) is 24.5 Å². The third-order valence-electron chi connectivity index (χ3n) is 7.38. The Morgan fingerprint density at radius 2 is 1.17 bits per heavy atom. The van der Waals surface area contributed by atoms with Crippen molar-refractivity contribution in [1.29, 1.82) is 0 Å². The van der Waals surface area contributed by atoms with E-state index < -0.39 is 87.0 Å². The number of anilines is 2. The van der Waals surface area contributed by atoms with Gasteiger partial charge in [0, 0.05) is 0 Å². The molecule has 0 spiro atoms. The number of hydrogen-bond acceptors (Lipinski definition) is 18. The molecule has 3 aliphatic rings. The molecule has 46 heavy (non-hydrogen) atoms. The van der Waals surface area contributed by atoms with Gasteiger partial charge in [0.05, 0.1) is 25.9 Å². The van der Waals surface area contributed by atoms with Gasteiger partial charge in [-0.2, -0.15) is 9.97 Å². The van der Waals surface area contributed by atoms with Crippen LogP contribution in [0.5, 0.6) is 0 Å². The minimum Gasteiger partial charge on any atom is -0.386 e. The predicted molar refractivity (Wildman–Crippen MR) is 160 cm³/mol. The van der Waals surface area contributed by atoms with E-state index in [4.69, 9.17) is 39.0 Å². The Morgan fingerprint density at radius 3 is 1.57 bits per heavy atom. The monoisotopic (exact) mass is 722 g/mol. The molecule has 3 fully saturated rings. The van der Waals surface area contributed by atoms with Crippen molar-refractivity contribution in [1.82, 2.24) is 39.0 Å². The molecular weight excluding hydrogens is 698 g/mol. The normalized spacial score (nSPS) is 37.1. The van der Waals surface area contributed by atoms with E-state index in [1.165, 1.54) is 9.13 Å². The molecule has 3 aliphatic heterocycles. The van der Waals surface area contributed by atoms with Gasteiger partial charge in [0.15, 0.2) is 34.8 Å². The molecule has 0 saturated carbocycles. The summed E-state index contributed by atoms with van der Waals surface area (Å²) in [6.45, 7) is -9.96. The number of H-pyrrole nitrogens is 2. The van der Waals surface area contributed by atoms with Gasteiger partial charge < -0.3 is 31.2 Å². The maximum atomic E-state index is 13.4. The molecule has 0 radical (unpaired) electrons. The molecule has 4 aromatic heterocycles. The van der Waals surface area contributed by atoms with E-state index in [2.05, 4.69) is 54.4 Å². The first-order valence-corrected chi connectivity index (χ1v) is 18.5. The molecule has 26 heteroatoms. The first-order valence-electron chi connectivity index (χ1n) is 13.1. The minimum absolute atomic E-state index is 0.0429. The highest BCUT2D eigenvalue weighted by molar-refractivity contribution is 8.44. The summed E-state index contributed by atoms with van der Waals surface area (Å²) in [4.78, 5) is 45.2. The van der Waals surface area contributed by atoms with Gasteiger partial charge in [-0.05, 0) is 0 Å². The third-order valence-corrected chi connectivity index (χ3v) is 10.6. The predicted octanol–water partition coefficient (Wildman–Crippen LogP) is -1.17. The van der Waals surface area contributed by atoms with Crippen LogP contribution in [0.4, 0.5) is 11.9 Å². The number of nitrogens with one attached hydrogen (secondary N) is 2. The van der Waals surface area contributed by atoms with E-state index in [0.29, 0.717) is 0 Å². The summed E-state index contributed by atoms with van der Waals surface area (Å²) >= 11 is 8.07. The average Bonchev–Trinajstić information content (AvgIpc) is 3.72. The van der Waals surface area contributed by atoms with Crippen LogP contribution in [0.3, 0.4) is 0 Å². The fraction of sp³-hybridized carbons (Fsp3) is 0.500. The van der Waals surface area contributed by atoms with Crippen molar-refractivity contribution in [3.63, 3.8) is 0 Å². The first-order chi connectivity index (χ1) is 21.7. The Morgan fingerprint density at radius 1 is 0.783 bits per heavy atom. The summed E-state index contributed by atoms with van der Waals surface area (Å²) in [5, 5.41) is 22.5. The smallest absolute Gasteiger partial charge is 0.386 e. The number of aromatic nitrogens is 8. The lowest BCUT2D eigenvalue weighted by Gasteiger charge is -2.28. The summed E-state index contributed by atoms with van der Waals surface area (Å²) in [5.41, 5.74) is 9.74. The highest BCUT2D eigenvalue weighted by atomic mass is 32.7. The van der Waals surface area contributed by atoms with Crippen molar-refractivity contribution in [3.05, 3.63) is 33.4 Å². The summed E-state index contributed by atoms with van der Waals surface area (Å²) < 4.78 is 63.2. The van der Waals surface area contributed by atoms with Crippen molar-refractivity contribution >= 4 is 72.3 Å². The van der Waals surface area contributed by atoms with Crippen molar-refractivity contribution in [2.75, 3.05) is 24.7 Å². The number of nitrogens with two attached hydrogens (primary N) is 2. The van der Waals surface area contributed by atoms with Crippen LogP contribution in [-0.4, -0.2) is 99.1 Å². The number of fused-ring (bicyclic) bond motifs is 4. The molecule has 1 unspecified atom stereocenters. The molecule has 7 rings (SSSR count). The summed E-state index contributed by atoms with van der Waals surface area (Å²) in [6.07, 6.45) is -9.18. The van der Waals surface area contributed by atoms with Gasteiger partial charge >= 0.3 is 13.6 Å². The van der Waals surface area contributed by atoms with Crippen LogP contribution in [0.15, 0.2) is 22.2 Å². The number of aliphatic hydroxyl groups excluding tert-OH is 2. The standard InChI is InChI=1S/C20H24N10O12P2S2/c21-19-25-13-7(15(33)27-19)23-3-29(13)17-9(31)11-5(39-17)1-37-43(35,45)42-12-6(2-38-44(36,46)41-11)40-18(10(12)32)30-4-24-8-14(30)26-20(22)28-16(8)34/h3-6,9-12,17-18,31-32H,1-2H2,(H,35,45)(H,36,46)(H3,21,25,27,33)(H3,22,26,28,34)/t5-,6?,9-,10-,11-,12-,17-,18-,43-,44-/m1/s1. The van der Waals surface area contributed by atoms with E-state index in [0.717, 1.165) is 12.7 Å². The van der Waals surface area contributed by atoms with Crippen LogP contribution in [0, 0.1) is 0 Å². The van der Waals surface area contributed by atoms with Crippen LogP contribution in [0.25, 0.3) is 22.3 Å². The number of thiol groups is 2. The highest BCUT2D eigenvalue weighted by Gasteiger charge is 2.53. The number of nitrogen functional groups attached to an aromatic ring is 2. The molecule has 0 bridgehead atoms. The lowest BCUT2D eigenvalue weighted by Crippen LogP contribution is -2.38. The van der Waals surface area contributed by atoms with E-state index in [1.807, 2.05) is 0 Å². The number of nitrogens with zero attached hydrogens (tertiary/aromatic N) is 6. The molecule has 3 saturated heterocycles. The number of aromatic amines is 2. The number of ether oxygens (including phenoxy) is 2. The van der Waals surface area contributed by atoms with Crippen LogP contribution in [0.2, 0.25) is 0 Å². The Balaban J connectivity index is 1.18. The first kappa shape index (κ1) is 31.7. The molecular formula is C20H24N10O12P2S2. The molecule has 8 N–H and O–H groups in total. The topological polar surface area (TPSA) is 309 Å². The zero-order valence-corrected chi connectivity index (χ0v) is 26.4. The molecule has 22 nitrogen and oxygen atoms in total. The van der Waals surface area contributed by atoms with Crippen LogP contribution in [0.1, 0.15) is 12.5 Å². The minimum atomic E-state index is -4.36. The highest BCUT2D eigenvalue weighted by Crippen LogP contribution is 2.60. The maximum absolute atomic E-state index is 13.4.